The van der Waals surface area contributed by atoms with Gasteiger partial charge in [-0.05, 0) is 6.07 Å². The summed E-state index contributed by atoms with van der Waals surface area (Å²) in [7, 11) is 0. The normalized spacial score (nSPS) is 11.7. The van der Waals surface area contributed by atoms with Crippen molar-refractivity contribution in [3.05, 3.63) is 42.1 Å². The van der Waals surface area contributed by atoms with Gasteiger partial charge in [0.2, 0.25) is 0 Å². The average molecular weight is 237 g/mol. The van der Waals surface area contributed by atoms with Crippen LogP contribution in [-0.2, 0) is 6.42 Å². The summed E-state index contributed by atoms with van der Waals surface area (Å²) in [6.45, 7) is -0.660. The van der Waals surface area contributed by atoms with Gasteiger partial charge in [0.1, 0.15) is 0 Å². The van der Waals surface area contributed by atoms with E-state index in [0.29, 0.717) is 11.4 Å². The standard InChI is InChI=1S/C12H13F2N3/c13-12(14,8-15)7-10-6-11(17-16-10)9-4-2-1-3-5-9/h1-6H,7-8,15H2,(H,16,17). The zero-order valence-electron chi connectivity index (χ0n) is 9.16. The van der Waals surface area contributed by atoms with Gasteiger partial charge in [-0.15, -0.1) is 0 Å². The Bertz CT molecular complexity index is 480. The second kappa shape index (κ2) is 4.63. The van der Waals surface area contributed by atoms with E-state index in [1.807, 2.05) is 30.3 Å². The number of aromatic nitrogens is 2. The number of hydrogen-bond acceptors (Lipinski definition) is 2. The summed E-state index contributed by atoms with van der Waals surface area (Å²) < 4.78 is 26.2. The molecule has 0 saturated carbocycles. The van der Waals surface area contributed by atoms with Crippen LogP contribution in [0.3, 0.4) is 0 Å². The van der Waals surface area contributed by atoms with E-state index in [2.05, 4.69) is 10.2 Å². The first kappa shape index (κ1) is 11.7. The van der Waals surface area contributed by atoms with Gasteiger partial charge in [-0.25, -0.2) is 8.78 Å². The van der Waals surface area contributed by atoms with Crippen molar-refractivity contribution in [2.75, 3.05) is 6.54 Å². The van der Waals surface area contributed by atoms with Crippen molar-refractivity contribution in [2.45, 2.75) is 12.3 Å². The van der Waals surface area contributed by atoms with Gasteiger partial charge in [-0.3, -0.25) is 5.10 Å². The number of H-pyrrole nitrogens is 1. The second-order valence-electron chi connectivity index (χ2n) is 3.88. The van der Waals surface area contributed by atoms with Crippen LogP contribution in [0, 0.1) is 0 Å². The van der Waals surface area contributed by atoms with E-state index in [4.69, 9.17) is 5.73 Å². The average Bonchev–Trinajstić information content (AvgIpc) is 2.78. The maximum Gasteiger partial charge on any atom is 0.265 e. The first-order valence-electron chi connectivity index (χ1n) is 5.28. The summed E-state index contributed by atoms with van der Waals surface area (Å²) in [5, 5.41) is 6.61. The maximum absolute atomic E-state index is 13.1. The van der Waals surface area contributed by atoms with Crippen molar-refractivity contribution in [2.24, 2.45) is 5.73 Å². The molecule has 0 aliphatic heterocycles. The Balaban J connectivity index is 2.17. The molecule has 0 amide bonds. The smallest absolute Gasteiger partial charge is 0.265 e. The number of benzene rings is 1. The summed E-state index contributed by atoms with van der Waals surface area (Å²) in [5.74, 6) is -2.89. The highest BCUT2D eigenvalue weighted by molar-refractivity contribution is 5.58. The van der Waals surface area contributed by atoms with Gasteiger partial charge in [0, 0.05) is 11.3 Å². The lowest BCUT2D eigenvalue weighted by Gasteiger charge is -2.11. The van der Waals surface area contributed by atoms with E-state index in [9.17, 15) is 8.78 Å². The van der Waals surface area contributed by atoms with E-state index in [0.717, 1.165) is 5.56 Å². The zero-order chi connectivity index (χ0) is 12.3. The van der Waals surface area contributed by atoms with Gasteiger partial charge in [0.25, 0.3) is 5.92 Å². The largest absolute Gasteiger partial charge is 0.325 e. The van der Waals surface area contributed by atoms with Crippen molar-refractivity contribution in [3.8, 4) is 11.3 Å². The molecule has 0 unspecified atom stereocenters. The van der Waals surface area contributed by atoms with Crippen LogP contribution in [-0.4, -0.2) is 22.7 Å². The van der Waals surface area contributed by atoms with Crippen LogP contribution in [0.15, 0.2) is 36.4 Å². The van der Waals surface area contributed by atoms with Crippen molar-refractivity contribution in [3.63, 3.8) is 0 Å². The van der Waals surface area contributed by atoms with Gasteiger partial charge >= 0.3 is 0 Å². The lowest BCUT2D eigenvalue weighted by Crippen LogP contribution is -2.30. The van der Waals surface area contributed by atoms with Gasteiger partial charge in [-0.2, -0.15) is 5.10 Å². The SMILES string of the molecule is NCC(F)(F)Cc1cc(-c2ccccc2)n[nH]1. The van der Waals surface area contributed by atoms with E-state index >= 15 is 0 Å². The Labute approximate surface area is 97.7 Å². The number of nitrogens with zero attached hydrogens (tertiary/aromatic N) is 1. The van der Waals surface area contributed by atoms with E-state index < -0.39 is 18.9 Å². The third-order valence-electron chi connectivity index (χ3n) is 2.45. The minimum atomic E-state index is -2.89. The third kappa shape index (κ3) is 2.88. The number of alkyl halides is 2. The number of hydrogen-bond donors (Lipinski definition) is 2. The molecule has 1 aromatic carbocycles. The topological polar surface area (TPSA) is 54.7 Å². The highest BCUT2D eigenvalue weighted by Gasteiger charge is 2.28. The molecule has 17 heavy (non-hydrogen) atoms. The molecule has 3 N–H and O–H groups in total. The summed E-state index contributed by atoms with van der Waals surface area (Å²) >= 11 is 0. The summed E-state index contributed by atoms with van der Waals surface area (Å²) in [6, 6.07) is 11.0. The van der Waals surface area contributed by atoms with E-state index in [1.54, 1.807) is 6.07 Å². The van der Waals surface area contributed by atoms with Crippen LogP contribution in [0.4, 0.5) is 8.78 Å². The van der Waals surface area contributed by atoms with Crippen LogP contribution < -0.4 is 5.73 Å². The van der Waals surface area contributed by atoms with E-state index in [1.165, 1.54) is 0 Å². The van der Waals surface area contributed by atoms with Gasteiger partial charge < -0.3 is 5.73 Å². The quantitative estimate of drug-likeness (QED) is 0.856. The Morgan fingerprint density at radius 3 is 2.59 bits per heavy atom. The van der Waals surface area contributed by atoms with E-state index in [-0.39, 0.29) is 0 Å². The summed E-state index contributed by atoms with van der Waals surface area (Å²) in [6.07, 6.45) is -0.413. The van der Waals surface area contributed by atoms with Gasteiger partial charge in [-0.1, -0.05) is 30.3 Å². The molecule has 0 fully saturated rings. The Hall–Kier alpha value is -1.75. The number of aromatic amines is 1. The Morgan fingerprint density at radius 2 is 1.94 bits per heavy atom. The zero-order valence-corrected chi connectivity index (χ0v) is 9.16. The fraction of sp³-hybridized carbons (Fsp3) is 0.250. The number of nitrogens with two attached hydrogens (primary N) is 1. The molecule has 0 bridgehead atoms. The number of rotatable bonds is 4. The molecule has 3 nitrogen and oxygen atoms in total. The minimum absolute atomic E-state index is 0.388. The van der Waals surface area contributed by atoms with Crippen LogP contribution >= 0.6 is 0 Å². The molecule has 0 radical (unpaired) electrons. The molecule has 0 atom stereocenters. The molecule has 5 heteroatoms. The first-order chi connectivity index (χ1) is 8.11. The fourth-order valence-electron chi connectivity index (χ4n) is 1.56. The monoisotopic (exact) mass is 237 g/mol. The van der Waals surface area contributed by atoms with Crippen molar-refractivity contribution in [1.82, 2.24) is 10.2 Å². The molecule has 90 valence electrons. The lowest BCUT2D eigenvalue weighted by atomic mass is 10.1. The van der Waals surface area contributed by atoms with Gasteiger partial charge in [0.15, 0.2) is 0 Å². The highest BCUT2D eigenvalue weighted by atomic mass is 19.3. The van der Waals surface area contributed by atoms with Crippen molar-refractivity contribution in [1.29, 1.82) is 0 Å². The first-order valence-corrected chi connectivity index (χ1v) is 5.28. The number of nitrogens with one attached hydrogen (secondary N) is 1. The highest BCUT2D eigenvalue weighted by Crippen LogP contribution is 2.21. The van der Waals surface area contributed by atoms with Crippen LogP contribution in [0.2, 0.25) is 0 Å². The molecule has 2 aromatic rings. The minimum Gasteiger partial charge on any atom is -0.325 e. The van der Waals surface area contributed by atoms with Crippen molar-refractivity contribution < 1.29 is 8.78 Å². The lowest BCUT2D eigenvalue weighted by molar-refractivity contribution is 0.0105. The Morgan fingerprint density at radius 1 is 1.24 bits per heavy atom. The van der Waals surface area contributed by atoms with Crippen LogP contribution in [0.1, 0.15) is 5.69 Å². The van der Waals surface area contributed by atoms with Crippen molar-refractivity contribution >= 4 is 0 Å². The predicted molar refractivity (Wildman–Crippen MR) is 61.7 cm³/mol. The van der Waals surface area contributed by atoms with Gasteiger partial charge in [0.05, 0.1) is 18.7 Å². The Kier molecular flexibility index (Phi) is 3.19. The summed E-state index contributed by atoms with van der Waals surface area (Å²) in [5.41, 5.74) is 6.93. The predicted octanol–water partition coefficient (Wildman–Crippen LogP) is 2.21. The second-order valence-corrected chi connectivity index (χ2v) is 3.88. The maximum atomic E-state index is 13.1. The van der Waals surface area contributed by atoms with Crippen LogP contribution in [0.5, 0.6) is 0 Å². The fourth-order valence-corrected chi connectivity index (χ4v) is 1.56. The molecule has 0 spiro atoms. The molecule has 0 aliphatic rings. The molecule has 1 aromatic heterocycles. The molecule has 0 aliphatic carbocycles. The molecule has 0 saturated heterocycles. The summed E-state index contributed by atoms with van der Waals surface area (Å²) in [4.78, 5) is 0. The third-order valence-corrected chi connectivity index (χ3v) is 2.45. The molecule has 1 heterocycles. The molecule has 2 rings (SSSR count). The number of halogens is 2. The van der Waals surface area contributed by atoms with Crippen LogP contribution in [0.25, 0.3) is 11.3 Å². The molecular formula is C12H13F2N3. The molecular weight excluding hydrogens is 224 g/mol.